The van der Waals surface area contributed by atoms with Crippen LogP contribution in [0.2, 0.25) is 10.0 Å². The van der Waals surface area contributed by atoms with Gasteiger partial charge < -0.3 is 10.2 Å². The highest BCUT2D eigenvalue weighted by Crippen LogP contribution is 2.22. The molecule has 0 heterocycles. The predicted octanol–water partition coefficient (Wildman–Crippen LogP) is 4.48. The third-order valence-corrected chi connectivity index (χ3v) is 6.97. The molecule has 2 rings (SSSR count). The number of sulfonamides is 1. The monoisotopic (exact) mass is 527 g/mol. The summed E-state index contributed by atoms with van der Waals surface area (Å²) < 4.78 is 25.9. The lowest BCUT2D eigenvalue weighted by molar-refractivity contribution is -0.141. The van der Waals surface area contributed by atoms with Crippen LogP contribution in [-0.4, -0.2) is 50.5 Å². The first kappa shape index (κ1) is 28.0. The van der Waals surface area contributed by atoms with Gasteiger partial charge >= 0.3 is 0 Å². The van der Waals surface area contributed by atoms with Gasteiger partial charge in [0.15, 0.2) is 0 Å². The fourth-order valence-electron chi connectivity index (χ4n) is 3.61. The van der Waals surface area contributed by atoms with Crippen molar-refractivity contribution in [2.24, 2.45) is 0 Å². The van der Waals surface area contributed by atoms with E-state index in [9.17, 15) is 18.0 Å². The molecule has 0 radical (unpaired) electrons. The number of likely N-dealkylation sites (N-methyl/N-ethyl adjacent to an activating group) is 1. The molecule has 0 aliphatic heterocycles. The summed E-state index contributed by atoms with van der Waals surface area (Å²) in [7, 11) is -3.55. The highest BCUT2D eigenvalue weighted by Gasteiger charge is 2.28. The minimum atomic E-state index is -3.55. The Morgan fingerprint density at radius 2 is 1.53 bits per heavy atom. The number of nitrogens with one attached hydrogen (secondary N) is 1. The van der Waals surface area contributed by atoms with Gasteiger partial charge in [0, 0.05) is 36.1 Å². The second-order valence-corrected chi connectivity index (χ2v) is 10.7. The Labute approximate surface area is 212 Å². The van der Waals surface area contributed by atoms with Crippen molar-refractivity contribution in [3.63, 3.8) is 0 Å². The molecule has 0 spiro atoms. The molecule has 0 aromatic heterocycles. The molecule has 0 aliphatic carbocycles. The second-order valence-electron chi connectivity index (χ2n) is 7.88. The van der Waals surface area contributed by atoms with Crippen molar-refractivity contribution in [3.8, 4) is 0 Å². The average Bonchev–Trinajstić information content (AvgIpc) is 2.78. The molecule has 0 bridgehead atoms. The number of anilines is 1. The molecule has 186 valence electrons. The van der Waals surface area contributed by atoms with E-state index < -0.39 is 16.1 Å². The zero-order valence-electron chi connectivity index (χ0n) is 19.6. The van der Waals surface area contributed by atoms with Gasteiger partial charge in [-0.2, -0.15) is 0 Å². The standard InChI is InChI=1S/C24H31Cl2N3O4S/c1-4-22(24(31)27-5-2)28(17-18-8-10-19(25)11-9-18)23(30)7-6-16-29(34(3,32)33)21-14-12-20(26)13-15-21/h8-15,22H,4-7,16-17H2,1-3H3,(H,27,31)/t22-/m1/s1. The van der Waals surface area contributed by atoms with Crippen molar-refractivity contribution in [1.82, 2.24) is 10.2 Å². The number of nitrogens with zero attached hydrogens (tertiary/aromatic N) is 2. The van der Waals surface area contributed by atoms with Crippen LogP contribution in [0.3, 0.4) is 0 Å². The number of rotatable bonds is 12. The Bertz CT molecular complexity index is 1060. The maximum atomic E-state index is 13.3. The van der Waals surface area contributed by atoms with E-state index in [1.54, 1.807) is 41.3 Å². The zero-order chi connectivity index (χ0) is 25.3. The molecule has 0 saturated heterocycles. The first-order valence-electron chi connectivity index (χ1n) is 11.1. The molecule has 10 heteroatoms. The van der Waals surface area contributed by atoms with E-state index in [0.717, 1.165) is 11.8 Å². The third kappa shape index (κ3) is 8.18. The quantitative estimate of drug-likeness (QED) is 0.440. The van der Waals surface area contributed by atoms with E-state index >= 15 is 0 Å². The van der Waals surface area contributed by atoms with E-state index in [1.165, 1.54) is 4.31 Å². The molecule has 0 unspecified atom stereocenters. The summed E-state index contributed by atoms with van der Waals surface area (Å²) in [6, 6.07) is 13.0. The highest BCUT2D eigenvalue weighted by atomic mass is 35.5. The van der Waals surface area contributed by atoms with Crippen molar-refractivity contribution in [2.45, 2.75) is 45.7 Å². The molecular formula is C24H31Cl2N3O4S. The van der Waals surface area contributed by atoms with Gasteiger partial charge in [-0.1, -0.05) is 42.3 Å². The lowest BCUT2D eigenvalue weighted by Crippen LogP contribution is -2.49. The topological polar surface area (TPSA) is 86.8 Å². The zero-order valence-corrected chi connectivity index (χ0v) is 22.0. The Morgan fingerprint density at radius 1 is 0.971 bits per heavy atom. The number of hydrogen-bond acceptors (Lipinski definition) is 4. The van der Waals surface area contributed by atoms with Crippen LogP contribution in [0.5, 0.6) is 0 Å². The Balaban J connectivity index is 2.18. The lowest BCUT2D eigenvalue weighted by atomic mass is 10.1. The van der Waals surface area contributed by atoms with Crippen LogP contribution in [0.1, 0.15) is 38.7 Å². The highest BCUT2D eigenvalue weighted by molar-refractivity contribution is 7.92. The summed E-state index contributed by atoms with van der Waals surface area (Å²) in [5, 5.41) is 3.88. The first-order valence-corrected chi connectivity index (χ1v) is 13.7. The lowest BCUT2D eigenvalue weighted by Gasteiger charge is -2.31. The van der Waals surface area contributed by atoms with Gasteiger partial charge in [0.05, 0.1) is 11.9 Å². The number of hydrogen-bond donors (Lipinski definition) is 1. The summed E-state index contributed by atoms with van der Waals surface area (Å²) in [5.74, 6) is -0.441. The molecule has 2 aromatic carbocycles. The van der Waals surface area contributed by atoms with Gasteiger partial charge in [-0.15, -0.1) is 0 Å². The molecule has 7 nitrogen and oxygen atoms in total. The van der Waals surface area contributed by atoms with Gasteiger partial charge in [-0.05, 0) is 61.7 Å². The molecule has 34 heavy (non-hydrogen) atoms. The van der Waals surface area contributed by atoms with E-state index in [-0.39, 0.29) is 37.7 Å². The van der Waals surface area contributed by atoms with Crippen LogP contribution in [-0.2, 0) is 26.2 Å². The maximum Gasteiger partial charge on any atom is 0.242 e. The predicted molar refractivity (Wildman–Crippen MR) is 138 cm³/mol. The summed E-state index contributed by atoms with van der Waals surface area (Å²) in [6.07, 6.45) is 1.95. The summed E-state index contributed by atoms with van der Waals surface area (Å²) >= 11 is 11.9. The summed E-state index contributed by atoms with van der Waals surface area (Å²) in [5.41, 5.74) is 1.32. The molecular weight excluding hydrogens is 497 g/mol. The van der Waals surface area contributed by atoms with Crippen LogP contribution in [0.15, 0.2) is 48.5 Å². The Morgan fingerprint density at radius 3 is 2.03 bits per heavy atom. The molecule has 2 amide bonds. The van der Waals surface area contributed by atoms with Crippen molar-refractivity contribution < 1.29 is 18.0 Å². The van der Waals surface area contributed by atoms with Crippen LogP contribution >= 0.6 is 23.2 Å². The molecule has 0 aliphatic rings. The fraction of sp³-hybridized carbons (Fsp3) is 0.417. The Kier molecular flexibility index (Phi) is 10.7. The summed E-state index contributed by atoms with van der Waals surface area (Å²) in [4.78, 5) is 27.5. The van der Waals surface area contributed by atoms with Crippen molar-refractivity contribution in [3.05, 3.63) is 64.1 Å². The smallest absolute Gasteiger partial charge is 0.242 e. The SMILES string of the molecule is CCNC(=O)[C@@H](CC)N(Cc1ccc(Cl)cc1)C(=O)CCCN(c1ccc(Cl)cc1)S(C)(=O)=O. The summed E-state index contributed by atoms with van der Waals surface area (Å²) in [6.45, 7) is 4.51. The number of amides is 2. The van der Waals surface area contributed by atoms with Crippen LogP contribution < -0.4 is 9.62 Å². The number of halogens is 2. The van der Waals surface area contributed by atoms with Crippen molar-refractivity contribution in [2.75, 3.05) is 23.7 Å². The van der Waals surface area contributed by atoms with Crippen molar-refractivity contribution >= 4 is 50.7 Å². The minimum absolute atomic E-state index is 0.0864. The van der Waals surface area contributed by atoms with E-state index in [4.69, 9.17) is 23.2 Å². The van der Waals surface area contributed by atoms with E-state index in [0.29, 0.717) is 28.7 Å². The molecule has 1 N–H and O–H groups in total. The number of carbonyl (C=O) groups is 2. The van der Waals surface area contributed by atoms with Gasteiger partial charge in [-0.3, -0.25) is 13.9 Å². The normalized spacial score (nSPS) is 12.1. The van der Waals surface area contributed by atoms with Gasteiger partial charge in [-0.25, -0.2) is 8.42 Å². The van der Waals surface area contributed by atoms with E-state index in [2.05, 4.69) is 5.32 Å². The van der Waals surface area contributed by atoms with Crippen molar-refractivity contribution in [1.29, 1.82) is 0 Å². The molecule has 1 atom stereocenters. The Hall–Kier alpha value is -2.29. The van der Waals surface area contributed by atoms with Crippen LogP contribution in [0.4, 0.5) is 5.69 Å². The van der Waals surface area contributed by atoms with Gasteiger partial charge in [0.2, 0.25) is 21.8 Å². The first-order chi connectivity index (χ1) is 16.1. The fourth-order valence-corrected chi connectivity index (χ4v) is 4.83. The number of carbonyl (C=O) groups excluding carboxylic acids is 2. The molecule has 0 fully saturated rings. The molecule has 2 aromatic rings. The van der Waals surface area contributed by atoms with E-state index in [1.807, 2.05) is 26.0 Å². The average molecular weight is 529 g/mol. The van der Waals surface area contributed by atoms with Gasteiger partial charge in [0.1, 0.15) is 6.04 Å². The minimum Gasteiger partial charge on any atom is -0.355 e. The molecule has 0 saturated carbocycles. The third-order valence-electron chi connectivity index (χ3n) is 5.27. The van der Waals surface area contributed by atoms with Crippen LogP contribution in [0, 0.1) is 0 Å². The number of benzene rings is 2. The maximum absolute atomic E-state index is 13.3. The van der Waals surface area contributed by atoms with Gasteiger partial charge in [0.25, 0.3) is 0 Å². The second kappa shape index (κ2) is 13.0. The van der Waals surface area contributed by atoms with Crippen LogP contribution in [0.25, 0.3) is 0 Å². The largest absolute Gasteiger partial charge is 0.355 e.